The van der Waals surface area contributed by atoms with Crippen LogP contribution in [0.1, 0.15) is 44.4 Å². The summed E-state index contributed by atoms with van der Waals surface area (Å²) in [7, 11) is 0. The second kappa shape index (κ2) is 9.51. The van der Waals surface area contributed by atoms with Crippen molar-refractivity contribution in [3.8, 4) is 17.6 Å². The highest BCUT2D eigenvalue weighted by Gasteiger charge is 2.22. The Bertz CT molecular complexity index is 1130. The van der Waals surface area contributed by atoms with Crippen molar-refractivity contribution in [2.75, 3.05) is 13.2 Å². The fraction of sp³-hybridized carbons (Fsp3) is 0.455. The molecule has 0 bridgehead atoms. The van der Waals surface area contributed by atoms with E-state index in [4.69, 9.17) is 9.47 Å². The number of nitriles is 1. The highest BCUT2D eigenvalue weighted by atomic mass is 16.5. The normalized spacial score (nSPS) is 13.9. The van der Waals surface area contributed by atoms with Gasteiger partial charge in [-0.25, -0.2) is 9.36 Å². The van der Waals surface area contributed by atoms with Gasteiger partial charge >= 0.3 is 5.69 Å². The van der Waals surface area contributed by atoms with Crippen molar-refractivity contribution >= 4 is 5.91 Å². The van der Waals surface area contributed by atoms with Crippen LogP contribution in [0.5, 0.6) is 11.5 Å². The molecule has 1 aromatic heterocycles. The molecule has 164 valence electrons. The molecule has 1 unspecified atom stereocenters. The Kier molecular flexibility index (Phi) is 6.80. The van der Waals surface area contributed by atoms with Gasteiger partial charge in [0.2, 0.25) is 5.91 Å². The zero-order valence-corrected chi connectivity index (χ0v) is 17.9. The first-order valence-corrected chi connectivity index (χ1v) is 10.3. The summed E-state index contributed by atoms with van der Waals surface area (Å²) in [5.41, 5.74) is -0.753. The number of amides is 1. The molecule has 0 spiro atoms. The number of ether oxygens (including phenoxy) is 2. The molecule has 1 amide bonds. The van der Waals surface area contributed by atoms with E-state index in [0.29, 0.717) is 24.7 Å². The molecule has 1 aromatic carbocycles. The summed E-state index contributed by atoms with van der Waals surface area (Å²) in [6.07, 6.45) is 2.01. The van der Waals surface area contributed by atoms with Crippen molar-refractivity contribution in [2.45, 2.75) is 46.3 Å². The lowest BCUT2D eigenvalue weighted by Gasteiger charge is -2.24. The van der Waals surface area contributed by atoms with Crippen molar-refractivity contribution in [3.05, 3.63) is 56.4 Å². The molecule has 2 heterocycles. The molecule has 0 radical (unpaired) electrons. The van der Waals surface area contributed by atoms with E-state index in [9.17, 15) is 19.6 Å². The Morgan fingerprint density at radius 2 is 1.94 bits per heavy atom. The molecular weight excluding hydrogens is 400 g/mol. The van der Waals surface area contributed by atoms with E-state index >= 15 is 0 Å². The number of hydrogen-bond acceptors (Lipinski definition) is 6. The molecule has 1 atom stereocenters. The Hall–Kier alpha value is -3.54. The Morgan fingerprint density at radius 3 is 2.58 bits per heavy atom. The van der Waals surface area contributed by atoms with E-state index in [1.165, 1.54) is 10.8 Å². The average Bonchev–Trinajstić information content (AvgIpc) is 3.00. The van der Waals surface area contributed by atoms with Crippen LogP contribution in [-0.2, 0) is 17.9 Å². The number of rotatable bonds is 6. The highest BCUT2D eigenvalue weighted by molar-refractivity contribution is 5.76. The van der Waals surface area contributed by atoms with Crippen molar-refractivity contribution in [1.29, 1.82) is 5.26 Å². The third-order valence-corrected chi connectivity index (χ3v) is 5.11. The maximum Gasteiger partial charge on any atom is 0.331 e. The number of carbonyl (C=O) groups excluding carboxylic acids is 1. The van der Waals surface area contributed by atoms with Crippen LogP contribution in [0.3, 0.4) is 0 Å². The quantitative estimate of drug-likeness (QED) is 0.750. The minimum atomic E-state index is -0.774. The number of aryl methyl sites for hydroxylation is 1. The molecule has 1 N–H and O–H groups in total. The zero-order chi connectivity index (χ0) is 22.5. The molecule has 0 fully saturated rings. The lowest BCUT2D eigenvalue weighted by molar-refractivity contribution is -0.122. The van der Waals surface area contributed by atoms with Crippen molar-refractivity contribution in [3.63, 3.8) is 0 Å². The van der Waals surface area contributed by atoms with Gasteiger partial charge in [-0.2, -0.15) is 5.26 Å². The summed E-state index contributed by atoms with van der Waals surface area (Å²) in [5, 5.41) is 12.1. The fourth-order valence-electron chi connectivity index (χ4n) is 3.47. The highest BCUT2D eigenvalue weighted by Crippen LogP contribution is 2.34. The topological polar surface area (TPSA) is 115 Å². The maximum absolute atomic E-state index is 12.8. The molecule has 3 rings (SSSR count). The number of benzene rings is 1. The molecule has 9 heteroatoms. The van der Waals surface area contributed by atoms with Gasteiger partial charge in [-0.1, -0.05) is 19.9 Å². The van der Waals surface area contributed by atoms with Crippen LogP contribution in [-0.4, -0.2) is 28.3 Å². The monoisotopic (exact) mass is 426 g/mol. The van der Waals surface area contributed by atoms with Gasteiger partial charge < -0.3 is 14.8 Å². The number of nitrogens with one attached hydrogen (secondary N) is 1. The summed E-state index contributed by atoms with van der Waals surface area (Å²) in [6, 6.07) is 6.94. The van der Waals surface area contributed by atoms with E-state index < -0.39 is 23.7 Å². The zero-order valence-electron chi connectivity index (χ0n) is 17.9. The number of carbonyl (C=O) groups is 1. The molecule has 1 aliphatic rings. The van der Waals surface area contributed by atoms with Crippen LogP contribution >= 0.6 is 0 Å². The summed E-state index contributed by atoms with van der Waals surface area (Å²) in [5.74, 6) is 0.819. The maximum atomic E-state index is 12.8. The van der Waals surface area contributed by atoms with Gasteiger partial charge in [-0.15, -0.1) is 0 Å². The van der Waals surface area contributed by atoms with E-state index in [2.05, 4.69) is 5.32 Å². The summed E-state index contributed by atoms with van der Waals surface area (Å²) < 4.78 is 13.4. The van der Waals surface area contributed by atoms with Crippen LogP contribution in [0.4, 0.5) is 0 Å². The lowest BCUT2D eigenvalue weighted by Crippen LogP contribution is -2.45. The van der Waals surface area contributed by atoms with Gasteiger partial charge in [0.25, 0.3) is 5.56 Å². The van der Waals surface area contributed by atoms with Gasteiger partial charge in [-0.3, -0.25) is 14.2 Å². The summed E-state index contributed by atoms with van der Waals surface area (Å²) in [6.45, 7) is 6.58. The number of nitrogens with zero attached hydrogens (tertiary/aromatic N) is 3. The van der Waals surface area contributed by atoms with Gasteiger partial charge in [0.05, 0.1) is 19.3 Å². The van der Waals surface area contributed by atoms with Crippen LogP contribution in [0.15, 0.2) is 34.0 Å². The molecule has 0 saturated carbocycles. The first kappa shape index (κ1) is 22.2. The predicted octanol–water partition coefficient (Wildman–Crippen LogP) is 1.58. The van der Waals surface area contributed by atoms with Gasteiger partial charge in [0.15, 0.2) is 11.5 Å². The molecule has 1 aliphatic heterocycles. The van der Waals surface area contributed by atoms with Gasteiger partial charge in [0, 0.05) is 19.2 Å². The standard InChI is InChI=1S/C22H26N4O5/c1-4-25-12-16(11-23)21(28)26(22(25)29)13-19(27)24-20(14(2)3)15-6-7-17-18(10-15)31-9-5-8-30-17/h6-7,10,12,14,20H,4-5,8-9,13H2,1-3H3,(H,24,27). The lowest BCUT2D eigenvalue weighted by atomic mass is 9.95. The van der Waals surface area contributed by atoms with Crippen LogP contribution < -0.4 is 26.0 Å². The third kappa shape index (κ3) is 4.79. The first-order chi connectivity index (χ1) is 14.8. The third-order valence-electron chi connectivity index (χ3n) is 5.11. The van der Waals surface area contributed by atoms with Gasteiger partial charge in [0.1, 0.15) is 18.2 Å². The van der Waals surface area contributed by atoms with Crippen molar-refractivity contribution in [2.24, 2.45) is 5.92 Å². The molecule has 0 aliphatic carbocycles. The van der Waals surface area contributed by atoms with E-state index in [0.717, 1.165) is 16.6 Å². The summed E-state index contributed by atoms with van der Waals surface area (Å²) >= 11 is 0. The fourth-order valence-corrected chi connectivity index (χ4v) is 3.47. The van der Waals surface area contributed by atoms with Crippen LogP contribution in [0.2, 0.25) is 0 Å². The number of aromatic nitrogens is 2. The predicted molar refractivity (Wildman–Crippen MR) is 113 cm³/mol. The minimum absolute atomic E-state index is 0.0307. The van der Waals surface area contributed by atoms with Crippen molar-refractivity contribution < 1.29 is 14.3 Å². The second-order valence-electron chi connectivity index (χ2n) is 7.66. The minimum Gasteiger partial charge on any atom is -0.490 e. The average molecular weight is 426 g/mol. The van der Waals surface area contributed by atoms with E-state index in [1.807, 2.05) is 32.0 Å². The van der Waals surface area contributed by atoms with Crippen LogP contribution in [0, 0.1) is 17.2 Å². The number of fused-ring (bicyclic) bond motifs is 1. The molecule has 9 nitrogen and oxygen atoms in total. The first-order valence-electron chi connectivity index (χ1n) is 10.3. The second-order valence-corrected chi connectivity index (χ2v) is 7.66. The smallest absolute Gasteiger partial charge is 0.331 e. The Morgan fingerprint density at radius 1 is 1.23 bits per heavy atom. The molecule has 0 saturated heterocycles. The Balaban J connectivity index is 1.86. The van der Waals surface area contributed by atoms with Crippen molar-refractivity contribution in [1.82, 2.24) is 14.5 Å². The van der Waals surface area contributed by atoms with E-state index in [1.54, 1.807) is 13.0 Å². The largest absolute Gasteiger partial charge is 0.490 e. The number of hydrogen-bond donors (Lipinski definition) is 1. The SMILES string of the molecule is CCn1cc(C#N)c(=O)n(CC(=O)NC(c2ccc3c(c2)OCCCO3)C(C)C)c1=O. The Labute approximate surface area is 179 Å². The van der Waals surface area contributed by atoms with Gasteiger partial charge in [-0.05, 0) is 30.5 Å². The molecule has 31 heavy (non-hydrogen) atoms. The molecule has 2 aromatic rings. The molecular formula is C22H26N4O5. The van der Waals surface area contributed by atoms with Crippen LogP contribution in [0.25, 0.3) is 0 Å². The summed E-state index contributed by atoms with van der Waals surface area (Å²) in [4.78, 5) is 37.7. The van der Waals surface area contributed by atoms with E-state index in [-0.39, 0.29) is 24.1 Å².